The summed E-state index contributed by atoms with van der Waals surface area (Å²) in [7, 11) is 0. The molecule has 0 spiro atoms. The van der Waals surface area contributed by atoms with Gasteiger partial charge in [0, 0.05) is 6.07 Å². The molecule has 6 nitrogen and oxygen atoms in total. The quantitative estimate of drug-likeness (QED) is 0.609. The van der Waals surface area contributed by atoms with Crippen LogP contribution in [0.4, 0.5) is 5.82 Å². The Morgan fingerprint density at radius 3 is 2.94 bits per heavy atom. The number of amides is 1. The van der Waals surface area contributed by atoms with Gasteiger partial charge in [0.25, 0.3) is 0 Å². The molecule has 1 N–H and O–H groups in total. The Kier molecular flexibility index (Phi) is 4.45. The van der Waals surface area contributed by atoms with Gasteiger partial charge in [-0.3, -0.25) is 9.59 Å². The third-order valence-electron chi connectivity index (χ3n) is 1.92. The second-order valence-electron chi connectivity index (χ2n) is 3.33. The molecule has 6 heteroatoms. The lowest BCUT2D eigenvalue weighted by molar-refractivity contribution is -0.144. The number of rotatable bonds is 5. The molecular weight excluding hydrogens is 222 g/mol. The molecule has 1 aromatic heterocycles. The Balaban J connectivity index is 2.80. The van der Waals surface area contributed by atoms with Crippen molar-refractivity contribution in [2.24, 2.45) is 0 Å². The number of esters is 1. The van der Waals surface area contributed by atoms with Gasteiger partial charge in [0.1, 0.15) is 12.4 Å². The van der Waals surface area contributed by atoms with Crippen molar-refractivity contribution in [3.8, 4) is 0 Å². The first-order chi connectivity index (χ1) is 8.06. The second-order valence-corrected chi connectivity index (χ2v) is 3.33. The van der Waals surface area contributed by atoms with Crippen molar-refractivity contribution in [1.29, 1.82) is 0 Å². The fourth-order valence-corrected chi connectivity index (χ4v) is 1.27. The lowest BCUT2D eigenvalue weighted by atomic mass is 10.4. The Morgan fingerprint density at radius 2 is 2.35 bits per heavy atom. The summed E-state index contributed by atoms with van der Waals surface area (Å²) in [6.07, 6.45) is 1.15. The molecule has 1 amide bonds. The number of aromatic nitrogens is 2. The fraction of sp³-hybridized carbons (Fsp3) is 0.364. The van der Waals surface area contributed by atoms with Crippen LogP contribution in [0.15, 0.2) is 18.7 Å². The van der Waals surface area contributed by atoms with E-state index in [1.807, 2.05) is 0 Å². The van der Waals surface area contributed by atoms with Crippen LogP contribution in [-0.4, -0.2) is 28.3 Å². The van der Waals surface area contributed by atoms with Crippen LogP contribution < -0.4 is 5.32 Å². The van der Waals surface area contributed by atoms with E-state index < -0.39 is 5.97 Å². The highest BCUT2D eigenvalue weighted by molar-refractivity contribution is 5.98. The minimum absolute atomic E-state index is 0.0333. The van der Waals surface area contributed by atoms with Gasteiger partial charge in [0.2, 0.25) is 5.91 Å². The van der Waals surface area contributed by atoms with Crippen LogP contribution in [0.1, 0.15) is 12.6 Å². The van der Waals surface area contributed by atoms with Crippen LogP contribution >= 0.6 is 0 Å². The molecule has 1 rings (SSSR count). The zero-order valence-corrected chi connectivity index (χ0v) is 9.90. The zero-order valence-electron chi connectivity index (χ0n) is 9.90. The Hall–Kier alpha value is -2.11. The fourth-order valence-electron chi connectivity index (χ4n) is 1.27. The first kappa shape index (κ1) is 13.0. The minimum Gasteiger partial charge on any atom is -0.465 e. The first-order valence-corrected chi connectivity index (χ1v) is 5.20. The van der Waals surface area contributed by atoms with Gasteiger partial charge in [-0.2, -0.15) is 5.10 Å². The number of ether oxygens (including phenoxy) is 1. The maximum atomic E-state index is 11.3. The Labute approximate surface area is 99.3 Å². The lowest BCUT2D eigenvalue weighted by Gasteiger charge is -2.06. The highest BCUT2D eigenvalue weighted by Gasteiger charge is 2.11. The van der Waals surface area contributed by atoms with E-state index in [0.717, 1.165) is 6.08 Å². The average molecular weight is 237 g/mol. The molecule has 1 aromatic rings. The normalized spacial score (nSPS) is 9.76. The van der Waals surface area contributed by atoms with Crippen LogP contribution in [-0.2, 0) is 20.9 Å². The van der Waals surface area contributed by atoms with E-state index in [-0.39, 0.29) is 12.5 Å². The SMILES string of the molecule is C=CC(=O)Nc1cc(C)nn1CC(=O)OCC. The predicted molar refractivity (Wildman–Crippen MR) is 62.4 cm³/mol. The number of hydrogen-bond donors (Lipinski definition) is 1. The molecule has 0 aliphatic rings. The van der Waals surface area contributed by atoms with Crippen LogP contribution in [0.3, 0.4) is 0 Å². The molecule has 0 radical (unpaired) electrons. The standard InChI is InChI=1S/C11H15N3O3/c1-4-10(15)12-9-6-8(3)13-14(9)7-11(16)17-5-2/h4,6H,1,5,7H2,2-3H3,(H,12,15). The summed E-state index contributed by atoms with van der Waals surface area (Å²) in [5.74, 6) is -0.305. The van der Waals surface area contributed by atoms with Crippen molar-refractivity contribution in [1.82, 2.24) is 9.78 Å². The molecule has 92 valence electrons. The van der Waals surface area contributed by atoms with Crippen LogP contribution in [0.2, 0.25) is 0 Å². The summed E-state index contributed by atoms with van der Waals surface area (Å²) in [6.45, 7) is 7.13. The summed E-state index contributed by atoms with van der Waals surface area (Å²) in [4.78, 5) is 22.5. The van der Waals surface area contributed by atoms with Gasteiger partial charge in [-0.05, 0) is 19.9 Å². The maximum absolute atomic E-state index is 11.3. The van der Waals surface area contributed by atoms with Crippen molar-refractivity contribution in [3.63, 3.8) is 0 Å². The zero-order chi connectivity index (χ0) is 12.8. The summed E-state index contributed by atoms with van der Waals surface area (Å²) in [5, 5.41) is 6.65. The topological polar surface area (TPSA) is 73.2 Å². The summed E-state index contributed by atoms with van der Waals surface area (Å²) in [5.41, 5.74) is 0.702. The van der Waals surface area contributed by atoms with Gasteiger partial charge < -0.3 is 10.1 Å². The largest absolute Gasteiger partial charge is 0.465 e. The molecular formula is C11H15N3O3. The predicted octanol–water partition coefficient (Wildman–Crippen LogP) is 0.879. The van der Waals surface area contributed by atoms with Gasteiger partial charge in [-0.25, -0.2) is 4.68 Å². The van der Waals surface area contributed by atoms with E-state index in [9.17, 15) is 9.59 Å². The molecule has 1 heterocycles. The highest BCUT2D eigenvalue weighted by Crippen LogP contribution is 2.10. The number of nitrogens with zero attached hydrogens (tertiary/aromatic N) is 2. The molecule has 0 aromatic carbocycles. The van der Waals surface area contributed by atoms with E-state index in [4.69, 9.17) is 4.74 Å². The van der Waals surface area contributed by atoms with Crippen molar-refractivity contribution in [2.75, 3.05) is 11.9 Å². The molecule has 0 fully saturated rings. The van der Waals surface area contributed by atoms with Gasteiger partial charge >= 0.3 is 5.97 Å². The van der Waals surface area contributed by atoms with Gasteiger partial charge in [-0.15, -0.1) is 0 Å². The van der Waals surface area contributed by atoms with Gasteiger partial charge in [0.05, 0.1) is 12.3 Å². The first-order valence-electron chi connectivity index (χ1n) is 5.20. The van der Waals surface area contributed by atoms with Crippen LogP contribution in [0.25, 0.3) is 0 Å². The highest BCUT2D eigenvalue weighted by atomic mass is 16.5. The van der Waals surface area contributed by atoms with Gasteiger partial charge in [0.15, 0.2) is 0 Å². The van der Waals surface area contributed by atoms with Crippen LogP contribution in [0, 0.1) is 6.92 Å². The summed E-state index contributed by atoms with van der Waals surface area (Å²) in [6, 6.07) is 1.67. The number of nitrogens with one attached hydrogen (secondary N) is 1. The Morgan fingerprint density at radius 1 is 1.65 bits per heavy atom. The minimum atomic E-state index is -0.398. The lowest BCUT2D eigenvalue weighted by Crippen LogP contribution is -2.18. The third-order valence-corrected chi connectivity index (χ3v) is 1.92. The number of hydrogen-bond acceptors (Lipinski definition) is 4. The van der Waals surface area contributed by atoms with Crippen molar-refractivity contribution in [2.45, 2.75) is 20.4 Å². The summed E-state index contributed by atoms with van der Waals surface area (Å²) < 4.78 is 6.19. The van der Waals surface area contributed by atoms with E-state index in [1.54, 1.807) is 19.9 Å². The molecule has 0 unspecified atom stereocenters. The smallest absolute Gasteiger partial charge is 0.327 e. The van der Waals surface area contributed by atoms with Crippen molar-refractivity contribution < 1.29 is 14.3 Å². The number of carbonyl (C=O) groups is 2. The summed E-state index contributed by atoms with van der Waals surface area (Å²) >= 11 is 0. The number of carbonyl (C=O) groups excluding carboxylic acids is 2. The monoisotopic (exact) mass is 237 g/mol. The van der Waals surface area contributed by atoms with E-state index in [1.165, 1.54) is 4.68 Å². The van der Waals surface area contributed by atoms with E-state index >= 15 is 0 Å². The number of anilines is 1. The molecule has 17 heavy (non-hydrogen) atoms. The van der Waals surface area contributed by atoms with Gasteiger partial charge in [-0.1, -0.05) is 6.58 Å². The van der Waals surface area contributed by atoms with E-state index in [0.29, 0.717) is 18.1 Å². The van der Waals surface area contributed by atoms with Crippen molar-refractivity contribution in [3.05, 3.63) is 24.4 Å². The molecule has 0 atom stereocenters. The second kappa shape index (κ2) is 5.83. The molecule has 0 saturated heterocycles. The maximum Gasteiger partial charge on any atom is 0.327 e. The van der Waals surface area contributed by atoms with Crippen molar-refractivity contribution >= 4 is 17.7 Å². The molecule has 0 aliphatic carbocycles. The molecule has 0 aliphatic heterocycles. The molecule has 0 bridgehead atoms. The average Bonchev–Trinajstić information content (AvgIpc) is 2.59. The third kappa shape index (κ3) is 3.75. The van der Waals surface area contributed by atoms with E-state index in [2.05, 4.69) is 17.0 Å². The Bertz CT molecular complexity index is 437. The van der Waals surface area contributed by atoms with Crippen LogP contribution in [0.5, 0.6) is 0 Å². The molecule has 0 saturated carbocycles. The number of aryl methyl sites for hydroxylation is 1.